The summed E-state index contributed by atoms with van der Waals surface area (Å²) in [6.45, 7) is 6.05. The quantitative estimate of drug-likeness (QED) is 0.576. The van der Waals surface area contributed by atoms with E-state index >= 15 is 0 Å². The Hall–Kier alpha value is 0.360. The molecular weight excluding hydrogens is 260 g/mol. The maximum atomic E-state index is 2.21. The number of hydrogen-bond donors (Lipinski definition) is 0. The summed E-state index contributed by atoms with van der Waals surface area (Å²) < 4.78 is 2.85. The number of allylic oxidation sites excluding steroid dienone is 2. The summed E-state index contributed by atoms with van der Waals surface area (Å²) in [5.74, 6) is 0. The summed E-state index contributed by atoms with van der Waals surface area (Å²) in [5, 5.41) is 6.50. The van der Waals surface area contributed by atoms with Crippen LogP contribution in [0.15, 0.2) is 41.8 Å². The Morgan fingerprint density at radius 1 is 1.00 bits per heavy atom. The Kier molecular flexibility index (Phi) is 6.81. The third-order valence-corrected chi connectivity index (χ3v) is 6.40. The van der Waals surface area contributed by atoms with Crippen molar-refractivity contribution in [3.8, 4) is 0 Å². The van der Waals surface area contributed by atoms with Crippen LogP contribution in [0.1, 0.15) is 20.8 Å². The highest BCUT2D eigenvalue weighted by atomic mass is 32.2. The van der Waals surface area contributed by atoms with Crippen molar-refractivity contribution in [2.45, 2.75) is 20.8 Å². The van der Waals surface area contributed by atoms with E-state index in [0.717, 1.165) is 0 Å². The van der Waals surface area contributed by atoms with Gasteiger partial charge in [-0.05, 0) is 23.1 Å². The van der Waals surface area contributed by atoms with Crippen LogP contribution in [-0.2, 0) is 0 Å². The first-order valence-electron chi connectivity index (χ1n) is 4.80. The predicted molar refractivity (Wildman–Crippen MR) is 80.8 cm³/mol. The average Bonchev–Trinajstić information content (AvgIpc) is 2.89. The van der Waals surface area contributed by atoms with E-state index in [0.29, 0.717) is 0 Å². The van der Waals surface area contributed by atoms with Gasteiger partial charge in [-0.15, -0.1) is 0 Å². The largest absolute Gasteiger partial charge is 0.0884 e. The topological polar surface area (TPSA) is 0 Å². The van der Waals surface area contributed by atoms with E-state index in [4.69, 9.17) is 0 Å². The van der Waals surface area contributed by atoms with Crippen molar-refractivity contribution in [2.24, 2.45) is 0 Å². The maximum Gasteiger partial charge on any atom is 0.0700 e. The van der Waals surface area contributed by atoms with Crippen LogP contribution in [0.5, 0.6) is 0 Å². The Labute approximate surface area is 109 Å². The van der Waals surface area contributed by atoms with Gasteiger partial charge in [-0.3, -0.25) is 0 Å². The molecule has 0 saturated carbocycles. The second kappa shape index (κ2) is 7.60. The lowest BCUT2D eigenvalue weighted by Crippen LogP contribution is -1.65. The minimum atomic E-state index is 1.35. The molecule has 0 radical (unpaired) electrons. The molecule has 0 atom stereocenters. The fourth-order valence-electron chi connectivity index (χ4n) is 0.897. The third kappa shape index (κ3) is 4.02. The van der Waals surface area contributed by atoms with Gasteiger partial charge in [-0.25, -0.2) is 0 Å². The van der Waals surface area contributed by atoms with Gasteiger partial charge in [-0.1, -0.05) is 73.0 Å². The third-order valence-electron chi connectivity index (χ3n) is 1.40. The van der Waals surface area contributed by atoms with E-state index in [1.807, 2.05) is 60.9 Å². The van der Waals surface area contributed by atoms with Gasteiger partial charge < -0.3 is 0 Å². The van der Waals surface area contributed by atoms with Crippen molar-refractivity contribution >= 4 is 47.0 Å². The van der Waals surface area contributed by atoms with Crippen LogP contribution in [0.4, 0.5) is 0 Å². The molecule has 0 saturated heterocycles. The predicted octanol–water partition coefficient (Wildman–Crippen LogP) is 5.99. The van der Waals surface area contributed by atoms with Crippen molar-refractivity contribution < 1.29 is 0 Å². The smallest absolute Gasteiger partial charge is 0.0700 e. The standard InChI is InChI=1S/C9H8S4.C2H6/c1-2-3-7-6-12-9(13-7)8-10-4-5-11-8;1-2/h2-6H,1H3;1-2H3/b3-2+;. The molecule has 0 aromatic rings. The van der Waals surface area contributed by atoms with E-state index in [1.165, 1.54) is 13.4 Å². The SMILES string of the molecule is C/C=C/C1=CSC(=C2SC=CS2)S1.CC. The monoisotopic (exact) mass is 274 g/mol. The van der Waals surface area contributed by atoms with Gasteiger partial charge in [0, 0.05) is 4.91 Å². The molecule has 0 aromatic heterocycles. The fourth-order valence-corrected chi connectivity index (χ4v) is 5.31. The van der Waals surface area contributed by atoms with Gasteiger partial charge in [0.2, 0.25) is 0 Å². The summed E-state index contributed by atoms with van der Waals surface area (Å²) in [6.07, 6.45) is 4.24. The Morgan fingerprint density at radius 2 is 1.67 bits per heavy atom. The zero-order valence-electron chi connectivity index (χ0n) is 9.02. The van der Waals surface area contributed by atoms with Gasteiger partial charge in [-0.2, -0.15) is 0 Å². The molecule has 4 heteroatoms. The van der Waals surface area contributed by atoms with Crippen LogP contribution >= 0.6 is 47.0 Å². The second-order valence-electron chi connectivity index (χ2n) is 2.32. The summed E-state index contributed by atoms with van der Waals surface area (Å²) in [4.78, 5) is 1.35. The van der Waals surface area contributed by atoms with Gasteiger partial charge in [0.15, 0.2) is 0 Å². The average molecular weight is 275 g/mol. The normalized spacial score (nSPS) is 19.5. The number of thioether (sulfide) groups is 4. The Balaban J connectivity index is 0.000000531. The van der Waals surface area contributed by atoms with Crippen LogP contribution in [0, 0.1) is 0 Å². The van der Waals surface area contributed by atoms with Gasteiger partial charge >= 0.3 is 0 Å². The highest BCUT2D eigenvalue weighted by molar-refractivity contribution is 8.33. The highest BCUT2D eigenvalue weighted by Crippen LogP contribution is 2.53. The van der Waals surface area contributed by atoms with Crippen molar-refractivity contribution in [1.29, 1.82) is 0 Å². The molecular formula is C11H14S4. The van der Waals surface area contributed by atoms with E-state index in [-0.39, 0.29) is 0 Å². The molecule has 0 nitrogen and oxygen atoms in total. The van der Waals surface area contributed by atoms with Crippen LogP contribution in [-0.4, -0.2) is 0 Å². The van der Waals surface area contributed by atoms with E-state index in [1.54, 1.807) is 0 Å². The lowest BCUT2D eigenvalue weighted by atomic mass is 10.5. The fraction of sp³-hybridized carbons (Fsp3) is 0.273. The molecule has 0 unspecified atom stereocenters. The second-order valence-corrected chi connectivity index (χ2v) is 6.64. The maximum absolute atomic E-state index is 2.21. The van der Waals surface area contributed by atoms with E-state index in [2.05, 4.69) is 35.3 Å². The van der Waals surface area contributed by atoms with Crippen molar-refractivity contribution in [3.63, 3.8) is 0 Å². The van der Waals surface area contributed by atoms with Crippen LogP contribution in [0.2, 0.25) is 0 Å². The zero-order chi connectivity index (χ0) is 11.1. The summed E-state index contributed by atoms with van der Waals surface area (Å²) in [7, 11) is 0. The van der Waals surface area contributed by atoms with Crippen LogP contribution in [0.25, 0.3) is 0 Å². The van der Waals surface area contributed by atoms with Crippen molar-refractivity contribution in [1.82, 2.24) is 0 Å². The molecule has 0 amide bonds. The number of rotatable bonds is 1. The summed E-state index contributed by atoms with van der Waals surface area (Å²) in [6, 6.07) is 0. The minimum absolute atomic E-state index is 1.35. The summed E-state index contributed by atoms with van der Waals surface area (Å²) in [5.41, 5.74) is 0. The lowest BCUT2D eigenvalue weighted by molar-refractivity contribution is 1.50. The molecule has 2 aliphatic heterocycles. The first kappa shape index (κ1) is 13.4. The van der Waals surface area contributed by atoms with E-state index in [9.17, 15) is 0 Å². The molecule has 2 heterocycles. The zero-order valence-corrected chi connectivity index (χ0v) is 12.3. The van der Waals surface area contributed by atoms with Crippen LogP contribution < -0.4 is 0 Å². The molecule has 0 N–H and O–H groups in total. The number of hydrogen-bond acceptors (Lipinski definition) is 4. The Morgan fingerprint density at radius 3 is 2.27 bits per heavy atom. The van der Waals surface area contributed by atoms with Gasteiger partial charge in [0.05, 0.1) is 8.47 Å². The molecule has 0 bridgehead atoms. The lowest BCUT2D eigenvalue weighted by Gasteiger charge is -1.99. The molecule has 0 fully saturated rings. The van der Waals surface area contributed by atoms with Crippen molar-refractivity contribution in [2.75, 3.05) is 0 Å². The Bertz CT molecular complexity index is 313. The molecule has 82 valence electrons. The molecule has 0 aliphatic carbocycles. The molecule has 2 aliphatic rings. The van der Waals surface area contributed by atoms with Gasteiger partial charge in [0.25, 0.3) is 0 Å². The first-order valence-corrected chi connectivity index (χ1v) is 8.25. The molecule has 2 rings (SSSR count). The first-order chi connectivity index (χ1) is 7.40. The van der Waals surface area contributed by atoms with E-state index < -0.39 is 0 Å². The van der Waals surface area contributed by atoms with Crippen molar-refractivity contribution in [3.05, 3.63) is 41.8 Å². The molecule has 0 spiro atoms. The summed E-state index contributed by atoms with van der Waals surface area (Å²) >= 11 is 7.35. The highest BCUT2D eigenvalue weighted by Gasteiger charge is 2.16. The minimum Gasteiger partial charge on any atom is -0.0884 e. The van der Waals surface area contributed by atoms with Crippen LogP contribution in [0.3, 0.4) is 0 Å². The molecule has 0 aromatic carbocycles. The van der Waals surface area contributed by atoms with Gasteiger partial charge in [0.1, 0.15) is 0 Å². The molecule has 15 heavy (non-hydrogen) atoms.